The van der Waals surface area contributed by atoms with Crippen molar-refractivity contribution >= 4 is 0 Å². The third kappa shape index (κ3) is 7.56. The zero-order valence-corrected chi connectivity index (χ0v) is 7.11. The topological polar surface area (TPSA) is 0 Å². The summed E-state index contributed by atoms with van der Waals surface area (Å²) in [6.45, 7) is 8.13. The van der Waals surface area contributed by atoms with E-state index in [0.29, 0.717) is 5.92 Å². The fourth-order valence-corrected chi connectivity index (χ4v) is 0.578. The Morgan fingerprint density at radius 3 is 2.50 bits per heavy atom. The van der Waals surface area contributed by atoms with E-state index in [0.717, 1.165) is 25.7 Å². The van der Waals surface area contributed by atoms with E-state index in [2.05, 4.69) is 32.6 Å². The van der Waals surface area contributed by atoms with Crippen LogP contribution in [0.1, 0.15) is 39.5 Å². The highest BCUT2D eigenvalue weighted by Gasteiger charge is 1.85. The van der Waals surface area contributed by atoms with Crippen LogP contribution in [0.25, 0.3) is 0 Å². The summed E-state index contributed by atoms with van der Waals surface area (Å²) in [7, 11) is 0. The van der Waals surface area contributed by atoms with Crippen LogP contribution in [-0.2, 0) is 0 Å². The van der Waals surface area contributed by atoms with Crippen molar-refractivity contribution in [3.05, 3.63) is 6.92 Å². The van der Waals surface area contributed by atoms with E-state index in [1.54, 1.807) is 0 Å². The maximum Gasteiger partial charge on any atom is 0.0112 e. The van der Waals surface area contributed by atoms with Crippen LogP contribution >= 0.6 is 0 Å². The van der Waals surface area contributed by atoms with Gasteiger partial charge in [0.1, 0.15) is 0 Å². The monoisotopic (exact) mass is 137 g/mol. The molecule has 0 nitrogen and oxygen atoms in total. The molecule has 0 aromatic carbocycles. The Morgan fingerprint density at radius 1 is 1.30 bits per heavy atom. The molecule has 1 radical (unpaired) electrons. The molecular weight excluding hydrogens is 120 g/mol. The number of hydrogen-bond acceptors (Lipinski definition) is 0. The molecule has 0 aliphatic heterocycles. The van der Waals surface area contributed by atoms with Crippen LogP contribution in [0.3, 0.4) is 0 Å². The Bertz CT molecular complexity index is 112. The molecule has 0 bridgehead atoms. The van der Waals surface area contributed by atoms with Gasteiger partial charge in [0.05, 0.1) is 0 Å². The van der Waals surface area contributed by atoms with E-state index in [1.165, 1.54) is 0 Å². The summed E-state index contributed by atoms with van der Waals surface area (Å²) in [5.74, 6) is 6.98. The number of unbranched alkanes of at least 4 members (excludes halogenated alkanes) is 2. The van der Waals surface area contributed by atoms with E-state index < -0.39 is 0 Å². The average molecular weight is 137 g/mol. The summed E-state index contributed by atoms with van der Waals surface area (Å²) in [6, 6.07) is 0. The smallest absolute Gasteiger partial charge is 0.0112 e. The Kier molecular flexibility index (Phi) is 6.38. The fraction of sp³-hybridized carbons (Fsp3) is 0.700. The SMILES string of the molecule is [CH2]CCCC#CCC(C)C. The predicted octanol–water partition coefficient (Wildman–Crippen LogP) is 3.04. The summed E-state index contributed by atoms with van der Waals surface area (Å²) >= 11 is 0. The zero-order valence-electron chi connectivity index (χ0n) is 7.11. The van der Waals surface area contributed by atoms with Crippen molar-refractivity contribution in [2.75, 3.05) is 0 Å². The molecule has 0 heterocycles. The van der Waals surface area contributed by atoms with Crippen LogP contribution in [0.5, 0.6) is 0 Å². The van der Waals surface area contributed by atoms with Crippen molar-refractivity contribution in [3.8, 4) is 11.8 Å². The van der Waals surface area contributed by atoms with Crippen LogP contribution in [0.4, 0.5) is 0 Å². The van der Waals surface area contributed by atoms with Gasteiger partial charge in [0.25, 0.3) is 0 Å². The van der Waals surface area contributed by atoms with Crippen molar-refractivity contribution < 1.29 is 0 Å². The van der Waals surface area contributed by atoms with Gasteiger partial charge in [-0.25, -0.2) is 0 Å². The molecule has 0 fully saturated rings. The first-order chi connectivity index (χ1) is 4.77. The molecule has 10 heavy (non-hydrogen) atoms. The van der Waals surface area contributed by atoms with E-state index in [4.69, 9.17) is 0 Å². The molecule has 0 spiro atoms. The van der Waals surface area contributed by atoms with Crippen LogP contribution in [0.2, 0.25) is 0 Å². The summed E-state index contributed by atoms with van der Waals surface area (Å²) in [6.07, 6.45) is 4.22. The van der Waals surface area contributed by atoms with E-state index >= 15 is 0 Å². The zero-order chi connectivity index (χ0) is 7.82. The third-order valence-corrected chi connectivity index (χ3v) is 1.19. The maximum atomic E-state index is 3.75. The maximum absolute atomic E-state index is 3.75. The molecule has 0 saturated carbocycles. The van der Waals surface area contributed by atoms with Crippen LogP contribution < -0.4 is 0 Å². The van der Waals surface area contributed by atoms with Crippen molar-refractivity contribution in [2.24, 2.45) is 5.92 Å². The van der Waals surface area contributed by atoms with Crippen LogP contribution in [0.15, 0.2) is 0 Å². The van der Waals surface area contributed by atoms with E-state index in [-0.39, 0.29) is 0 Å². The van der Waals surface area contributed by atoms with Gasteiger partial charge in [0, 0.05) is 12.8 Å². The summed E-state index contributed by atoms with van der Waals surface area (Å²) in [4.78, 5) is 0. The molecule has 0 aliphatic carbocycles. The van der Waals surface area contributed by atoms with Gasteiger partial charge in [0.2, 0.25) is 0 Å². The van der Waals surface area contributed by atoms with Crippen molar-refractivity contribution in [3.63, 3.8) is 0 Å². The molecule has 0 saturated heterocycles. The van der Waals surface area contributed by atoms with Gasteiger partial charge in [0.15, 0.2) is 0 Å². The molecule has 0 heteroatoms. The van der Waals surface area contributed by atoms with E-state index in [1.807, 2.05) is 0 Å². The van der Waals surface area contributed by atoms with Crippen molar-refractivity contribution in [2.45, 2.75) is 39.5 Å². The van der Waals surface area contributed by atoms with Gasteiger partial charge in [-0.15, -0.1) is 11.8 Å². The highest BCUT2D eigenvalue weighted by atomic mass is 13.9. The molecule has 0 unspecified atom stereocenters. The number of hydrogen-bond donors (Lipinski definition) is 0. The highest BCUT2D eigenvalue weighted by molar-refractivity contribution is 4.99. The standard InChI is InChI=1S/C10H17/c1-4-5-6-7-8-9-10(2)3/h10H,1,4-6,9H2,2-3H3. The third-order valence-electron chi connectivity index (χ3n) is 1.19. The second kappa shape index (κ2) is 6.68. The lowest BCUT2D eigenvalue weighted by Crippen LogP contribution is -1.81. The lowest BCUT2D eigenvalue weighted by molar-refractivity contribution is 0.675. The van der Waals surface area contributed by atoms with Gasteiger partial charge in [-0.1, -0.05) is 27.2 Å². The minimum absolute atomic E-state index is 0.715. The normalized spacial score (nSPS) is 9.20. The Morgan fingerprint density at radius 2 is 2.00 bits per heavy atom. The quantitative estimate of drug-likeness (QED) is 0.414. The van der Waals surface area contributed by atoms with Crippen molar-refractivity contribution in [1.29, 1.82) is 0 Å². The second-order valence-corrected chi connectivity index (χ2v) is 2.91. The molecule has 0 aromatic heterocycles. The highest BCUT2D eigenvalue weighted by Crippen LogP contribution is 1.97. The van der Waals surface area contributed by atoms with Gasteiger partial charge >= 0.3 is 0 Å². The number of rotatable bonds is 3. The van der Waals surface area contributed by atoms with Crippen molar-refractivity contribution in [1.82, 2.24) is 0 Å². The van der Waals surface area contributed by atoms with Crippen LogP contribution in [0, 0.1) is 24.7 Å². The second-order valence-electron chi connectivity index (χ2n) is 2.91. The Hall–Kier alpha value is -0.440. The summed E-state index contributed by atoms with van der Waals surface area (Å²) in [5.41, 5.74) is 0. The summed E-state index contributed by atoms with van der Waals surface area (Å²) < 4.78 is 0. The minimum atomic E-state index is 0.715. The molecule has 57 valence electrons. The van der Waals surface area contributed by atoms with E-state index in [9.17, 15) is 0 Å². The molecule has 0 rings (SSSR count). The molecule has 0 atom stereocenters. The molecule has 0 aromatic rings. The Balaban J connectivity index is 3.14. The van der Waals surface area contributed by atoms with Gasteiger partial charge in [-0.05, 0) is 12.3 Å². The minimum Gasteiger partial charge on any atom is -0.103 e. The average Bonchev–Trinajstić information content (AvgIpc) is 1.87. The fourth-order valence-electron chi connectivity index (χ4n) is 0.578. The summed E-state index contributed by atoms with van der Waals surface area (Å²) in [5, 5.41) is 0. The predicted molar refractivity (Wildman–Crippen MR) is 46.4 cm³/mol. The Labute approximate surface area is 65.0 Å². The molecule has 0 aliphatic rings. The molecule has 0 amide bonds. The first kappa shape index (κ1) is 9.56. The molecule has 0 N–H and O–H groups in total. The molecular formula is C10H17. The van der Waals surface area contributed by atoms with Gasteiger partial charge < -0.3 is 0 Å². The van der Waals surface area contributed by atoms with Gasteiger partial charge in [-0.2, -0.15) is 0 Å². The van der Waals surface area contributed by atoms with Crippen LogP contribution in [-0.4, -0.2) is 0 Å². The first-order valence-corrected chi connectivity index (χ1v) is 4.02. The largest absolute Gasteiger partial charge is 0.103 e. The van der Waals surface area contributed by atoms with Gasteiger partial charge in [-0.3, -0.25) is 0 Å². The lowest BCUT2D eigenvalue weighted by Gasteiger charge is -1.92. The first-order valence-electron chi connectivity index (χ1n) is 4.02. The lowest BCUT2D eigenvalue weighted by atomic mass is 10.1.